The minimum atomic E-state index is -0.428. The lowest BCUT2D eigenvalue weighted by Crippen LogP contribution is -2.43. The summed E-state index contributed by atoms with van der Waals surface area (Å²) in [6, 6.07) is 8.42. The normalized spacial score (nSPS) is 15.5. The molecule has 1 fully saturated rings. The first-order chi connectivity index (χ1) is 13.4. The van der Waals surface area contributed by atoms with Gasteiger partial charge in [0.15, 0.2) is 5.78 Å². The van der Waals surface area contributed by atoms with E-state index in [9.17, 15) is 14.4 Å². The predicted octanol–water partition coefficient (Wildman–Crippen LogP) is 3.03. The van der Waals surface area contributed by atoms with Crippen LogP contribution in [0.3, 0.4) is 0 Å². The van der Waals surface area contributed by atoms with Crippen LogP contribution in [-0.2, 0) is 19.4 Å². The largest absolute Gasteiger partial charge is 0.342 e. The van der Waals surface area contributed by atoms with Crippen LogP contribution in [0.1, 0.15) is 61.9 Å². The van der Waals surface area contributed by atoms with Crippen LogP contribution >= 0.6 is 0 Å². The van der Waals surface area contributed by atoms with E-state index in [1.165, 1.54) is 0 Å². The number of carbonyl (C=O) groups is 3. The third kappa shape index (κ3) is 6.17. The fourth-order valence-corrected chi connectivity index (χ4v) is 3.07. The molecule has 7 nitrogen and oxygen atoms in total. The maximum Gasteiger partial charge on any atom is 0.342 e. The number of amides is 1. The van der Waals surface area contributed by atoms with Crippen LogP contribution in [0.15, 0.2) is 24.3 Å². The van der Waals surface area contributed by atoms with Crippen LogP contribution in [0.25, 0.3) is 0 Å². The number of benzene rings is 1. The molecule has 28 heavy (non-hydrogen) atoms. The molecule has 0 saturated carbocycles. The van der Waals surface area contributed by atoms with Gasteiger partial charge in [-0.15, -0.1) is 0 Å². The van der Waals surface area contributed by atoms with Gasteiger partial charge in [0.1, 0.15) is 6.10 Å². The number of likely N-dealkylation sites (tertiary alicyclic amines) is 1. The summed E-state index contributed by atoms with van der Waals surface area (Å²) < 4.78 is 0. The van der Waals surface area contributed by atoms with E-state index >= 15 is 0 Å². The minimum Gasteiger partial charge on any atom is -0.342 e. The molecule has 1 aromatic carbocycles. The number of ketones is 1. The van der Waals surface area contributed by atoms with Gasteiger partial charge in [-0.25, -0.2) is 4.79 Å². The van der Waals surface area contributed by atoms with Gasteiger partial charge in [-0.3, -0.25) is 14.5 Å². The second kappa shape index (κ2) is 10.6. The smallest absolute Gasteiger partial charge is 0.342 e. The highest BCUT2D eigenvalue weighted by atomic mass is 17.2. The Hall–Kier alpha value is -2.72. The van der Waals surface area contributed by atoms with Crippen molar-refractivity contribution in [2.75, 3.05) is 13.1 Å². The van der Waals surface area contributed by atoms with Gasteiger partial charge in [0.05, 0.1) is 11.6 Å². The van der Waals surface area contributed by atoms with E-state index < -0.39 is 5.92 Å². The Morgan fingerprint density at radius 2 is 1.86 bits per heavy atom. The van der Waals surface area contributed by atoms with Crippen molar-refractivity contribution in [2.24, 2.45) is 5.92 Å². The standard InChI is InChI=1S/C21H26N2O5/c1-3-4-20(25)28-27-18-9-11-23(12-10-18)21(26)15(2)13-19(24)17-7-5-16(14-22)6-8-17/h5-8,15,18H,3-4,9-13H2,1-2H3. The van der Waals surface area contributed by atoms with Crippen LogP contribution in [0, 0.1) is 17.2 Å². The van der Waals surface area contributed by atoms with E-state index in [0.29, 0.717) is 49.9 Å². The summed E-state index contributed by atoms with van der Waals surface area (Å²) in [6.07, 6.45) is 2.11. The van der Waals surface area contributed by atoms with Gasteiger partial charge in [-0.2, -0.15) is 10.1 Å². The molecular formula is C21H26N2O5. The molecule has 0 aromatic heterocycles. The van der Waals surface area contributed by atoms with Crippen LogP contribution in [0.2, 0.25) is 0 Å². The molecule has 150 valence electrons. The van der Waals surface area contributed by atoms with E-state index in [4.69, 9.17) is 15.0 Å². The van der Waals surface area contributed by atoms with Crippen molar-refractivity contribution in [3.8, 4) is 6.07 Å². The fraction of sp³-hybridized carbons (Fsp3) is 0.524. The van der Waals surface area contributed by atoms with Crippen molar-refractivity contribution in [1.29, 1.82) is 5.26 Å². The molecule has 7 heteroatoms. The van der Waals surface area contributed by atoms with Gasteiger partial charge >= 0.3 is 5.97 Å². The van der Waals surface area contributed by atoms with E-state index in [1.807, 2.05) is 13.0 Å². The van der Waals surface area contributed by atoms with Crippen molar-refractivity contribution >= 4 is 17.7 Å². The van der Waals surface area contributed by atoms with Gasteiger partial charge in [-0.05, 0) is 31.4 Å². The molecule has 1 atom stereocenters. The summed E-state index contributed by atoms with van der Waals surface area (Å²) in [6.45, 7) is 4.64. The van der Waals surface area contributed by atoms with Gasteiger partial charge in [-0.1, -0.05) is 26.0 Å². The predicted molar refractivity (Wildman–Crippen MR) is 101 cm³/mol. The van der Waals surface area contributed by atoms with Crippen molar-refractivity contribution < 1.29 is 24.2 Å². The molecule has 1 aliphatic rings. The van der Waals surface area contributed by atoms with Crippen molar-refractivity contribution in [2.45, 2.75) is 52.1 Å². The molecule has 0 radical (unpaired) electrons. The van der Waals surface area contributed by atoms with Crippen LogP contribution < -0.4 is 0 Å². The molecule has 1 heterocycles. The summed E-state index contributed by atoms with van der Waals surface area (Å²) in [4.78, 5) is 48.0. The summed E-state index contributed by atoms with van der Waals surface area (Å²) >= 11 is 0. The average Bonchev–Trinajstić information content (AvgIpc) is 2.72. The zero-order valence-electron chi connectivity index (χ0n) is 16.3. The molecule has 0 aliphatic carbocycles. The topological polar surface area (TPSA) is 96.7 Å². The highest BCUT2D eigenvalue weighted by Gasteiger charge is 2.28. The Kier molecular flexibility index (Phi) is 8.15. The van der Waals surface area contributed by atoms with Crippen LogP contribution in [-0.4, -0.2) is 41.8 Å². The number of nitriles is 1. The number of piperidine rings is 1. The van der Waals surface area contributed by atoms with Crippen molar-refractivity contribution in [3.63, 3.8) is 0 Å². The second-order valence-electron chi connectivity index (χ2n) is 7.04. The van der Waals surface area contributed by atoms with E-state index in [2.05, 4.69) is 0 Å². The zero-order chi connectivity index (χ0) is 20.5. The fourth-order valence-electron chi connectivity index (χ4n) is 3.07. The highest BCUT2D eigenvalue weighted by Crippen LogP contribution is 2.19. The Bertz CT molecular complexity index is 730. The Labute approximate surface area is 165 Å². The lowest BCUT2D eigenvalue weighted by Gasteiger charge is -2.32. The van der Waals surface area contributed by atoms with E-state index in [1.54, 1.807) is 36.1 Å². The summed E-state index contributed by atoms with van der Waals surface area (Å²) in [5.74, 6) is -0.992. The highest BCUT2D eigenvalue weighted by molar-refractivity contribution is 5.98. The Morgan fingerprint density at radius 3 is 2.43 bits per heavy atom. The number of nitrogens with zero attached hydrogens (tertiary/aromatic N) is 2. The number of rotatable bonds is 8. The number of carbonyl (C=O) groups excluding carboxylic acids is 3. The first kappa shape index (κ1) is 21.6. The Morgan fingerprint density at radius 1 is 1.21 bits per heavy atom. The first-order valence-electron chi connectivity index (χ1n) is 9.62. The molecule has 2 rings (SSSR count). The third-order valence-corrected chi connectivity index (χ3v) is 4.73. The summed E-state index contributed by atoms with van der Waals surface area (Å²) in [5, 5.41) is 8.81. The van der Waals surface area contributed by atoms with Crippen LogP contribution in [0.5, 0.6) is 0 Å². The average molecular weight is 386 g/mol. The van der Waals surface area contributed by atoms with Crippen molar-refractivity contribution in [1.82, 2.24) is 4.90 Å². The van der Waals surface area contributed by atoms with Gasteiger partial charge in [0.25, 0.3) is 0 Å². The molecule has 0 N–H and O–H groups in total. The quantitative estimate of drug-likeness (QED) is 0.387. The van der Waals surface area contributed by atoms with Crippen LogP contribution in [0.4, 0.5) is 0 Å². The lowest BCUT2D eigenvalue weighted by atomic mass is 9.97. The molecule has 0 bridgehead atoms. The minimum absolute atomic E-state index is 0.0663. The maximum absolute atomic E-state index is 12.6. The molecule has 1 unspecified atom stereocenters. The van der Waals surface area contributed by atoms with Gasteiger partial charge in [0.2, 0.25) is 5.91 Å². The first-order valence-corrected chi connectivity index (χ1v) is 9.62. The molecule has 1 amide bonds. The molecule has 0 spiro atoms. The monoisotopic (exact) mass is 386 g/mol. The molecule has 1 aliphatic heterocycles. The molecular weight excluding hydrogens is 360 g/mol. The van der Waals surface area contributed by atoms with E-state index in [-0.39, 0.29) is 30.2 Å². The third-order valence-electron chi connectivity index (χ3n) is 4.73. The van der Waals surface area contributed by atoms with Gasteiger partial charge < -0.3 is 4.90 Å². The second-order valence-corrected chi connectivity index (χ2v) is 7.04. The summed E-state index contributed by atoms with van der Waals surface area (Å²) in [7, 11) is 0. The van der Waals surface area contributed by atoms with E-state index in [0.717, 1.165) is 0 Å². The summed E-state index contributed by atoms with van der Waals surface area (Å²) in [5.41, 5.74) is 0.991. The Balaban J connectivity index is 1.78. The lowest BCUT2D eigenvalue weighted by molar-refractivity contribution is -0.303. The maximum atomic E-state index is 12.6. The SMILES string of the molecule is CCCC(=O)OOC1CCN(C(=O)C(C)CC(=O)c2ccc(C#N)cc2)CC1. The molecule has 1 aromatic rings. The number of Topliss-reactive ketones (excluding diaryl/α,β-unsaturated/α-hetero) is 1. The van der Waals surface area contributed by atoms with Gasteiger partial charge in [0, 0.05) is 37.4 Å². The molecule has 1 saturated heterocycles. The zero-order valence-corrected chi connectivity index (χ0v) is 16.3. The number of hydrogen-bond donors (Lipinski definition) is 0. The van der Waals surface area contributed by atoms with Crippen molar-refractivity contribution in [3.05, 3.63) is 35.4 Å². The number of hydrogen-bond acceptors (Lipinski definition) is 6.